The predicted molar refractivity (Wildman–Crippen MR) is 136 cm³/mol. The van der Waals surface area contributed by atoms with Gasteiger partial charge in [-0.15, -0.1) is 0 Å². The summed E-state index contributed by atoms with van der Waals surface area (Å²) < 4.78 is 50.8. The Kier molecular flexibility index (Phi) is 8.01. The van der Waals surface area contributed by atoms with Gasteiger partial charge in [0.25, 0.3) is 5.56 Å². The van der Waals surface area contributed by atoms with E-state index in [1.54, 1.807) is 18.0 Å². The molecule has 2 aromatic heterocycles. The average Bonchev–Trinajstić information content (AvgIpc) is 3.34. The first-order valence-corrected chi connectivity index (χ1v) is 12.2. The number of nitrogens with zero attached hydrogens (tertiary/aromatic N) is 4. The third kappa shape index (κ3) is 6.40. The number of halogens is 4. The molecule has 0 unspecified atom stereocenters. The topological polar surface area (TPSA) is 71.2 Å². The molecule has 0 atom stereocenters. The molecule has 37 heavy (non-hydrogen) atoms. The number of ether oxygens (including phenoxy) is 2. The van der Waals surface area contributed by atoms with Gasteiger partial charge in [-0.3, -0.25) is 14.0 Å². The molecule has 0 saturated heterocycles. The van der Waals surface area contributed by atoms with Crippen LogP contribution in [0.4, 0.5) is 13.2 Å². The Morgan fingerprint density at radius 2 is 1.70 bits per heavy atom. The summed E-state index contributed by atoms with van der Waals surface area (Å²) in [7, 11) is 1.61. The first-order chi connectivity index (χ1) is 17.7. The molecule has 0 N–H and O–H groups in total. The lowest BCUT2D eigenvalue weighted by molar-refractivity contribution is -0.153. The maximum Gasteiger partial charge on any atom is 0.422 e. The largest absolute Gasteiger partial charge is 0.497 e. The first-order valence-electron chi connectivity index (χ1n) is 11.5. The van der Waals surface area contributed by atoms with E-state index in [1.807, 2.05) is 37.4 Å². The quantitative estimate of drug-likeness (QED) is 0.251. The minimum atomic E-state index is -4.43. The van der Waals surface area contributed by atoms with E-state index in [1.165, 1.54) is 28.8 Å². The molecule has 0 saturated carbocycles. The minimum Gasteiger partial charge on any atom is -0.497 e. The zero-order valence-electron chi connectivity index (χ0n) is 20.1. The predicted octanol–water partition coefficient (Wildman–Crippen LogP) is 5.81. The van der Waals surface area contributed by atoms with Gasteiger partial charge in [0.2, 0.25) is 0 Å². The highest BCUT2D eigenvalue weighted by molar-refractivity contribution is 9.10. The summed E-state index contributed by atoms with van der Waals surface area (Å²) in [6, 6.07) is 13.5. The highest BCUT2D eigenvalue weighted by Crippen LogP contribution is 2.26. The number of rotatable bonds is 9. The molecule has 194 valence electrons. The molecule has 0 bridgehead atoms. The lowest BCUT2D eigenvalue weighted by Crippen LogP contribution is -2.25. The molecule has 0 aliphatic heterocycles. The van der Waals surface area contributed by atoms with E-state index < -0.39 is 12.8 Å². The van der Waals surface area contributed by atoms with Crippen LogP contribution in [0.15, 0.2) is 70.2 Å². The van der Waals surface area contributed by atoms with E-state index in [0.29, 0.717) is 35.7 Å². The Balaban J connectivity index is 1.63. The van der Waals surface area contributed by atoms with E-state index in [2.05, 4.69) is 21.0 Å². The van der Waals surface area contributed by atoms with Gasteiger partial charge in [0.15, 0.2) is 6.61 Å². The number of methoxy groups -OCH3 is 1. The van der Waals surface area contributed by atoms with Crippen LogP contribution in [-0.4, -0.2) is 39.2 Å². The second-order valence-corrected chi connectivity index (χ2v) is 9.05. The third-order valence-corrected chi connectivity index (χ3v) is 6.19. The van der Waals surface area contributed by atoms with Crippen molar-refractivity contribution < 1.29 is 22.6 Å². The van der Waals surface area contributed by atoms with Crippen LogP contribution in [-0.2, 0) is 13.0 Å². The van der Waals surface area contributed by atoms with Gasteiger partial charge in [-0.25, -0.2) is 4.98 Å². The molecular weight excluding hydrogens is 553 g/mol. The van der Waals surface area contributed by atoms with E-state index >= 15 is 0 Å². The summed E-state index contributed by atoms with van der Waals surface area (Å²) in [5.41, 5.74) is 2.32. The van der Waals surface area contributed by atoms with Gasteiger partial charge in [0, 0.05) is 18.2 Å². The van der Waals surface area contributed by atoms with E-state index in [9.17, 15) is 18.0 Å². The minimum absolute atomic E-state index is 0.0547. The molecule has 4 rings (SSSR count). The highest BCUT2D eigenvalue weighted by Gasteiger charge is 2.28. The number of aryl methyl sites for hydroxylation is 1. The summed E-state index contributed by atoms with van der Waals surface area (Å²) in [6.07, 6.45) is 0.294. The Hall–Kier alpha value is -3.60. The van der Waals surface area contributed by atoms with Crippen LogP contribution >= 0.6 is 15.9 Å². The van der Waals surface area contributed by atoms with Crippen molar-refractivity contribution in [3.8, 4) is 28.4 Å². The molecule has 0 amide bonds. The zero-order valence-corrected chi connectivity index (χ0v) is 21.7. The number of hydrogen-bond acceptors (Lipinski definition) is 5. The summed E-state index contributed by atoms with van der Waals surface area (Å²) in [6.45, 7) is 1.11. The van der Waals surface area contributed by atoms with Crippen LogP contribution in [0.2, 0.25) is 0 Å². The highest BCUT2D eigenvalue weighted by atomic mass is 79.9. The van der Waals surface area contributed by atoms with Gasteiger partial charge in [0.05, 0.1) is 31.2 Å². The summed E-state index contributed by atoms with van der Waals surface area (Å²) in [4.78, 5) is 18.2. The van der Waals surface area contributed by atoms with Crippen LogP contribution in [0.1, 0.15) is 24.7 Å². The Labute approximate surface area is 219 Å². The van der Waals surface area contributed by atoms with Crippen molar-refractivity contribution in [1.29, 1.82) is 0 Å². The molecule has 2 heterocycles. The van der Waals surface area contributed by atoms with Crippen molar-refractivity contribution in [2.24, 2.45) is 0 Å². The fraction of sp³-hybridized carbons (Fsp3) is 0.269. The monoisotopic (exact) mass is 576 g/mol. The molecule has 0 aliphatic rings. The molecule has 4 aromatic rings. The van der Waals surface area contributed by atoms with Crippen LogP contribution in [0.25, 0.3) is 16.9 Å². The normalized spacial score (nSPS) is 11.5. The molecule has 0 spiro atoms. The zero-order chi connectivity index (χ0) is 26.6. The maximum absolute atomic E-state index is 13.4. The number of hydrogen-bond donors (Lipinski definition) is 0. The van der Waals surface area contributed by atoms with Gasteiger partial charge in [-0.05, 0) is 64.3 Å². The van der Waals surface area contributed by atoms with Crippen LogP contribution in [0.3, 0.4) is 0 Å². The van der Waals surface area contributed by atoms with Gasteiger partial charge >= 0.3 is 6.18 Å². The standard InChI is InChI=1S/C26H24BrF3N4O3/c1-3-4-22-32-24(18-13-31-33(15-18)14-17-5-9-20(36-2)10-6-17)23(27)25(35)34(22)19-7-11-21(12-8-19)37-16-26(28,29)30/h5-13,15H,3-4,14,16H2,1-2H3. The molecule has 0 radical (unpaired) electrons. The third-order valence-electron chi connectivity index (χ3n) is 5.48. The fourth-order valence-electron chi connectivity index (χ4n) is 3.74. The average molecular weight is 577 g/mol. The second-order valence-electron chi connectivity index (χ2n) is 8.25. The van der Waals surface area contributed by atoms with Gasteiger partial charge in [0.1, 0.15) is 21.8 Å². The van der Waals surface area contributed by atoms with E-state index in [4.69, 9.17) is 14.5 Å². The van der Waals surface area contributed by atoms with Crippen molar-refractivity contribution in [3.05, 3.63) is 87.1 Å². The lowest BCUT2D eigenvalue weighted by atomic mass is 10.2. The van der Waals surface area contributed by atoms with Crippen molar-refractivity contribution in [2.45, 2.75) is 32.5 Å². The molecular formula is C26H24BrF3N4O3. The molecule has 0 fully saturated rings. The SMILES string of the molecule is CCCc1nc(-c2cnn(Cc3ccc(OC)cc3)c2)c(Br)c(=O)n1-c1ccc(OCC(F)(F)F)cc1. The Morgan fingerprint density at radius 1 is 1.03 bits per heavy atom. The number of aromatic nitrogens is 4. The molecule has 2 aromatic carbocycles. The van der Waals surface area contributed by atoms with Crippen LogP contribution < -0.4 is 15.0 Å². The first kappa shape index (κ1) is 26.5. The lowest BCUT2D eigenvalue weighted by Gasteiger charge is -2.15. The molecule has 11 heteroatoms. The van der Waals surface area contributed by atoms with Crippen molar-refractivity contribution in [1.82, 2.24) is 19.3 Å². The maximum atomic E-state index is 13.4. The Morgan fingerprint density at radius 3 is 2.32 bits per heavy atom. The fourth-order valence-corrected chi connectivity index (χ4v) is 4.24. The van der Waals surface area contributed by atoms with E-state index in [0.717, 1.165) is 17.7 Å². The molecule has 7 nitrogen and oxygen atoms in total. The van der Waals surface area contributed by atoms with Gasteiger partial charge in [-0.1, -0.05) is 19.1 Å². The van der Waals surface area contributed by atoms with Crippen molar-refractivity contribution in [2.75, 3.05) is 13.7 Å². The van der Waals surface area contributed by atoms with Gasteiger partial charge in [-0.2, -0.15) is 18.3 Å². The summed E-state index contributed by atoms with van der Waals surface area (Å²) in [5, 5.41) is 4.42. The molecule has 0 aliphatic carbocycles. The Bertz CT molecular complexity index is 1420. The van der Waals surface area contributed by atoms with Crippen molar-refractivity contribution in [3.63, 3.8) is 0 Å². The summed E-state index contributed by atoms with van der Waals surface area (Å²) in [5.74, 6) is 1.35. The number of benzene rings is 2. The van der Waals surface area contributed by atoms with Crippen LogP contribution in [0, 0.1) is 0 Å². The van der Waals surface area contributed by atoms with Crippen LogP contribution in [0.5, 0.6) is 11.5 Å². The smallest absolute Gasteiger partial charge is 0.422 e. The van der Waals surface area contributed by atoms with E-state index in [-0.39, 0.29) is 15.8 Å². The number of alkyl halides is 3. The summed E-state index contributed by atoms with van der Waals surface area (Å²) >= 11 is 3.41. The second kappa shape index (κ2) is 11.2. The van der Waals surface area contributed by atoms with Gasteiger partial charge < -0.3 is 9.47 Å². The van der Waals surface area contributed by atoms with Crippen molar-refractivity contribution >= 4 is 15.9 Å².